The Morgan fingerprint density at radius 1 is 0.941 bits per heavy atom. The number of unbranched alkanes of at least 4 members (excludes halogenated alkanes) is 4. The number of aromatic nitrogens is 1. The SMILES string of the molecule is CCCCCCCc1nccc2ccccc12. The van der Waals surface area contributed by atoms with Crippen molar-refractivity contribution in [1.29, 1.82) is 0 Å². The summed E-state index contributed by atoms with van der Waals surface area (Å²) in [6, 6.07) is 10.6. The van der Waals surface area contributed by atoms with Gasteiger partial charge in [0.25, 0.3) is 0 Å². The minimum absolute atomic E-state index is 1.12. The van der Waals surface area contributed by atoms with Crippen molar-refractivity contribution >= 4 is 10.8 Å². The highest BCUT2D eigenvalue weighted by Crippen LogP contribution is 2.18. The van der Waals surface area contributed by atoms with Crippen LogP contribution < -0.4 is 0 Å². The van der Waals surface area contributed by atoms with Gasteiger partial charge in [0.2, 0.25) is 0 Å². The van der Waals surface area contributed by atoms with Crippen molar-refractivity contribution in [2.24, 2.45) is 0 Å². The lowest BCUT2D eigenvalue weighted by Crippen LogP contribution is -1.92. The molecule has 0 atom stereocenters. The summed E-state index contributed by atoms with van der Waals surface area (Å²) in [5.74, 6) is 0. The normalized spacial score (nSPS) is 10.9. The van der Waals surface area contributed by atoms with Crippen molar-refractivity contribution in [1.82, 2.24) is 4.98 Å². The minimum atomic E-state index is 1.12. The first-order valence-electron chi connectivity index (χ1n) is 6.74. The topological polar surface area (TPSA) is 12.9 Å². The second-order valence-corrected chi connectivity index (χ2v) is 4.64. The molecular weight excluding hydrogens is 206 g/mol. The number of hydrogen-bond donors (Lipinski definition) is 0. The molecule has 1 heteroatoms. The van der Waals surface area contributed by atoms with Crippen molar-refractivity contribution in [3.05, 3.63) is 42.2 Å². The van der Waals surface area contributed by atoms with Crippen LogP contribution >= 0.6 is 0 Å². The van der Waals surface area contributed by atoms with E-state index in [0.717, 1.165) is 6.42 Å². The molecule has 0 saturated carbocycles. The second kappa shape index (κ2) is 6.39. The number of aryl methyl sites for hydroxylation is 1. The quantitative estimate of drug-likeness (QED) is 0.649. The second-order valence-electron chi connectivity index (χ2n) is 4.64. The molecule has 0 radical (unpaired) electrons. The van der Waals surface area contributed by atoms with E-state index in [1.165, 1.54) is 48.6 Å². The average Bonchev–Trinajstić information content (AvgIpc) is 2.39. The molecule has 2 aromatic rings. The molecule has 0 saturated heterocycles. The fourth-order valence-corrected chi connectivity index (χ4v) is 2.28. The van der Waals surface area contributed by atoms with E-state index in [1.807, 2.05) is 6.20 Å². The summed E-state index contributed by atoms with van der Waals surface area (Å²) >= 11 is 0. The van der Waals surface area contributed by atoms with Crippen LogP contribution in [0.5, 0.6) is 0 Å². The van der Waals surface area contributed by atoms with Crippen LogP contribution in [-0.2, 0) is 6.42 Å². The van der Waals surface area contributed by atoms with Crippen molar-refractivity contribution in [2.75, 3.05) is 0 Å². The highest BCUT2D eigenvalue weighted by Gasteiger charge is 2.01. The molecule has 2 rings (SSSR count). The van der Waals surface area contributed by atoms with Gasteiger partial charge in [-0.05, 0) is 24.3 Å². The monoisotopic (exact) mass is 227 g/mol. The molecule has 0 amide bonds. The summed E-state index contributed by atoms with van der Waals surface area (Å²) in [6.45, 7) is 2.26. The van der Waals surface area contributed by atoms with Gasteiger partial charge in [-0.3, -0.25) is 4.98 Å². The Morgan fingerprint density at radius 3 is 2.65 bits per heavy atom. The fourth-order valence-electron chi connectivity index (χ4n) is 2.28. The molecule has 1 heterocycles. The lowest BCUT2D eigenvalue weighted by molar-refractivity contribution is 0.629. The third-order valence-corrected chi connectivity index (χ3v) is 3.27. The van der Waals surface area contributed by atoms with Crippen LogP contribution in [0.1, 0.15) is 44.7 Å². The lowest BCUT2D eigenvalue weighted by Gasteiger charge is -2.05. The van der Waals surface area contributed by atoms with E-state index in [9.17, 15) is 0 Å². The van der Waals surface area contributed by atoms with Crippen molar-refractivity contribution in [3.8, 4) is 0 Å². The summed E-state index contributed by atoms with van der Waals surface area (Å²) in [5.41, 5.74) is 1.26. The minimum Gasteiger partial charge on any atom is -0.261 e. The van der Waals surface area contributed by atoms with Crippen molar-refractivity contribution in [2.45, 2.75) is 45.4 Å². The van der Waals surface area contributed by atoms with Gasteiger partial charge >= 0.3 is 0 Å². The first-order valence-corrected chi connectivity index (χ1v) is 6.74. The Hall–Kier alpha value is -1.37. The van der Waals surface area contributed by atoms with E-state index in [-0.39, 0.29) is 0 Å². The average molecular weight is 227 g/mol. The molecule has 0 fully saturated rings. The third-order valence-electron chi connectivity index (χ3n) is 3.27. The van der Waals surface area contributed by atoms with Crippen LogP contribution in [0.15, 0.2) is 36.5 Å². The Kier molecular flexibility index (Phi) is 4.54. The third kappa shape index (κ3) is 3.29. The molecule has 1 aromatic heterocycles. The Bertz CT molecular complexity index is 457. The molecule has 1 aromatic carbocycles. The summed E-state index contributed by atoms with van der Waals surface area (Å²) in [7, 11) is 0. The van der Waals surface area contributed by atoms with Gasteiger partial charge in [0.15, 0.2) is 0 Å². The molecule has 0 aliphatic carbocycles. The van der Waals surface area contributed by atoms with E-state index in [0.29, 0.717) is 0 Å². The standard InChI is InChI=1S/C16H21N/c1-2-3-4-5-6-11-16-15-10-8-7-9-14(15)12-13-17-16/h7-10,12-13H,2-6,11H2,1H3. The molecule has 17 heavy (non-hydrogen) atoms. The summed E-state index contributed by atoms with van der Waals surface area (Å²) in [4.78, 5) is 4.52. The van der Waals surface area contributed by atoms with E-state index >= 15 is 0 Å². The Morgan fingerprint density at radius 2 is 1.76 bits per heavy atom. The highest BCUT2D eigenvalue weighted by atomic mass is 14.7. The summed E-state index contributed by atoms with van der Waals surface area (Å²) in [6.07, 6.45) is 9.69. The maximum Gasteiger partial charge on any atom is 0.0481 e. The molecule has 0 unspecified atom stereocenters. The molecular formula is C16H21N. The predicted octanol–water partition coefficient (Wildman–Crippen LogP) is 4.75. The predicted molar refractivity (Wildman–Crippen MR) is 74.2 cm³/mol. The van der Waals surface area contributed by atoms with Gasteiger partial charge in [-0.15, -0.1) is 0 Å². The van der Waals surface area contributed by atoms with Crippen LogP contribution in [0.4, 0.5) is 0 Å². The van der Waals surface area contributed by atoms with Crippen molar-refractivity contribution < 1.29 is 0 Å². The van der Waals surface area contributed by atoms with Crippen LogP contribution in [0.3, 0.4) is 0 Å². The molecule has 0 N–H and O–H groups in total. The number of hydrogen-bond acceptors (Lipinski definition) is 1. The van der Waals surface area contributed by atoms with Crippen molar-refractivity contribution in [3.63, 3.8) is 0 Å². The van der Waals surface area contributed by atoms with Gasteiger partial charge < -0.3 is 0 Å². The molecule has 0 aliphatic rings. The van der Waals surface area contributed by atoms with Gasteiger partial charge in [-0.2, -0.15) is 0 Å². The van der Waals surface area contributed by atoms with Gasteiger partial charge in [-0.1, -0.05) is 56.9 Å². The fraction of sp³-hybridized carbons (Fsp3) is 0.438. The molecule has 0 bridgehead atoms. The van der Waals surface area contributed by atoms with Crippen LogP contribution in [0.25, 0.3) is 10.8 Å². The van der Waals surface area contributed by atoms with Gasteiger partial charge in [-0.25, -0.2) is 0 Å². The van der Waals surface area contributed by atoms with Gasteiger partial charge in [0.05, 0.1) is 0 Å². The maximum absolute atomic E-state index is 4.52. The number of nitrogens with zero attached hydrogens (tertiary/aromatic N) is 1. The van der Waals surface area contributed by atoms with E-state index in [2.05, 4.69) is 42.2 Å². The molecule has 0 aliphatic heterocycles. The zero-order valence-electron chi connectivity index (χ0n) is 10.7. The summed E-state index contributed by atoms with van der Waals surface area (Å²) < 4.78 is 0. The largest absolute Gasteiger partial charge is 0.261 e. The number of benzene rings is 1. The molecule has 90 valence electrons. The van der Waals surface area contributed by atoms with Crippen LogP contribution in [0.2, 0.25) is 0 Å². The Balaban J connectivity index is 1.98. The number of rotatable bonds is 6. The first-order chi connectivity index (χ1) is 8.42. The smallest absolute Gasteiger partial charge is 0.0481 e. The van der Waals surface area contributed by atoms with Gasteiger partial charge in [0.1, 0.15) is 0 Å². The van der Waals surface area contributed by atoms with E-state index in [1.54, 1.807) is 0 Å². The van der Waals surface area contributed by atoms with E-state index < -0.39 is 0 Å². The molecule has 0 spiro atoms. The summed E-state index contributed by atoms with van der Waals surface area (Å²) in [5, 5.41) is 2.64. The lowest BCUT2D eigenvalue weighted by atomic mass is 10.0. The first kappa shape index (κ1) is 12.1. The zero-order valence-corrected chi connectivity index (χ0v) is 10.7. The zero-order chi connectivity index (χ0) is 11.9. The number of pyridine rings is 1. The van der Waals surface area contributed by atoms with Crippen LogP contribution in [0, 0.1) is 0 Å². The highest BCUT2D eigenvalue weighted by molar-refractivity contribution is 5.84. The van der Waals surface area contributed by atoms with Crippen LogP contribution in [-0.4, -0.2) is 4.98 Å². The maximum atomic E-state index is 4.52. The number of fused-ring (bicyclic) bond motifs is 1. The molecule has 1 nitrogen and oxygen atoms in total. The van der Waals surface area contributed by atoms with E-state index in [4.69, 9.17) is 0 Å². The Labute approximate surface area is 104 Å². The van der Waals surface area contributed by atoms with Gasteiger partial charge in [0, 0.05) is 17.3 Å².